The molecule has 0 fully saturated rings. The van der Waals surface area contributed by atoms with Gasteiger partial charge in [0.2, 0.25) is 0 Å². The number of fused-ring (bicyclic) bond motifs is 1. The van der Waals surface area contributed by atoms with Crippen molar-refractivity contribution in [3.63, 3.8) is 0 Å². The van der Waals surface area contributed by atoms with E-state index in [9.17, 15) is 9.59 Å². The standard InChI is InChI=1S/C18H18N2O2/c1-2-14(11-12-7-9-13(19)10-8-12)20-17(21)15-5-3-4-6-16(15)18(20)22/h3-10,14H,2,11,19H2,1H3. The lowest BCUT2D eigenvalue weighted by molar-refractivity contribution is 0.0579. The van der Waals surface area contributed by atoms with E-state index >= 15 is 0 Å². The maximum Gasteiger partial charge on any atom is 0.261 e. The van der Waals surface area contributed by atoms with Crippen LogP contribution in [0.25, 0.3) is 0 Å². The topological polar surface area (TPSA) is 63.4 Å². The Hall–Kier alpha value is -2.62. The molecule has 1 aliphatic rings. The average Bonchev–Trinajstić information content (AvgIpc) is 2.79. The molecule has 0 radical (unpaired) electrons. The van der Waals surface area contributed by atoms with Crippen molar-refractivity contribution in [3.8, 4) is 0 Å². The molecule has 0 saturated heterocycles. The minimum atomic E-state index is -0.192. The Morgan fingerprint density at radius 1 is 0.955 bits per heavy atom. The van der Waals surface area contributed by atoms with Crippen LogP contribution in [0.2, 0.25) is 0 Å². The molecule has 112 valence electrons. The Bertz CT molecular complexity index is 687. The molecule has 0 aromatic heterocycles. The fourth-order valence-electron chi connectivity index (χ4n) is 2.88. The SMILES string of the molecule is CCC(Cc1ccc(N)cc1)N1C(=O)c2ccccc2C1=O. The maximum absolute atomic E-state index is 12.5. The summed E-state index contributed by atoms with van der Waals surface area (Å²) >= 11 is 0. The van der Waals surface area contributed by atoms with E-state index in [1.807, 2.05) is 31.2 Å². The van der Waals surface area contributed by atoms with Crippen molar-refractivity contribution in [1.29, 1.82) is 0 Å². The molecular formula is C18H18N2O2. The summed E-state index contributed by atoms with van der Waals surface area (Å²) in [5.74, 6) is -0.384. The van der Waals surface area contributed by atoms with Crippen LogP contribution < -0.4 is 5.73 Å². The van der Waals surface area contributed by atoms with Gasteiger partial charge in [-0.3, -0.25) is 14.5 Å². The lowest BCUT2D eigenvalue weighted by Crippen LogP contribution is -2.40. The molecule has 22 heavy (non-hydrogen) atoms. The maximum atomic E-state index is 12.5. The molecule has 1 unspecified atom stereocenters. The number of anilines is 1. The summed E-state index contributed by atoms with van der Waals surface area (Å²) in [6.45, 7) is 1.99. The highest BCUT2D eigenvalue weighted by Crippen LogP contribution is 2.27. The Morgan fingerprint density at radius 2 is 1.50 bits per heavy atom. The number of rotatable bonds is 4. The molecule has 2 amide bonds. The van der Waals surface area contributed by atoms with Crippen LogP contribution in [-0.2, 0) is 6.42 Å². The first-order valence-corrected chi connectivity index (χ1v) is 7.43. The summed E-state index contributed by atoms with van der Waals surface area (Å²) in [6, 6.07) is 14.4. The van der Waals surface area contributed by atoms with E-state index in [-0.39, 0.29) is 17.9 Å². The van der Waals surface area contributed by atoms with Gasteiger partial charge in [0.05, 0.1) is 11.1 Å². The van der Waals surface area contributed by atoms with Crippen LogP contribution in [0.5, 0.6) is 0 Å². The van der Waals surface area contributed by atoms with Gasteiger partial charge in [-0.05, 0) is 42.7 Å². The number of benzene rings is 2. The summed E-state index contributed by atoms with van der Waals surface area (Å²) in [4.78, 5) is 26.5. The van der Waals surface area contributed by atoms with Gasteiger partial charge in [-0.25, -0.2) is 0 Å². The van der Waals surface area contributed by atoms with Crippen molar-refractivity contribution in [2.45, 2.75) is 25.8 Å². The third-order valence-electron chi connectivity index (χ3n) is 4.11. The van der Waals surface area contributed by atoms with Gasteiger partial charge >= 0.3 is 0 Å². The molecule has 2 N–H and O–H groups in total. The van der Waals surface area contributed by atoms with Gasteiger partial charge in [-0.1, -0.05) is 31.2 Å². The first-order chi connectivity index (χ1) is 10.6. The number of amides is 2. The molecule has 1 atom stereocenters. The molecule has 0 bridgehead atoms. The Labute approximate surface area is 129 Å². The van der Waals surface area contributed by atoms with Gasteiger partial charge in [0.1, 0.15) is 0 Å². The zero-order chi connectivity index (χ0) is 15.7. The fourth-order valence-corrected chi connectivity index (χ4v) is 2.88. The number of nitrogens with zero attached hydrogens (tertiary/aromatic N) is 1. The zero-order valence-electron chi connectivity index (χ0n) is 12.5. The van der Waals surface area contributed by atoms with Gasteiger partial charge in [0, 0.05) is 11.7 Å². The second-order valence-electron chi connectivity index (χ2n) is 5.53. The van der Waals surface area contributed by atoms with Crippen LogP contribution in [-0.4, -0.2) is 22.8 Å². The second-order valence-corrected chi connectivity index (χ2v) is 5.53. The number of imide groups is 1. The molecule has 0 aliphatic carbocycles. The van der Waals surface area contributed by atoms with E-state index in [2.05, 4.69) is 0 Å². The number of carbonyl (C=O) groups excluding carboxylic acids is 2. The number of carbonyl (C=O) groups is 2. The Kier molecular flexibility index (Phi) is 3.67. The van der Waals surface area contributed by atoms with Crippen LogP contribution in [0, 0.1) is 0 Å². The van der Waals surface area contributed by atoms with E-state index < -0.39 is 0 Å². The smallest absolute Gasteiger partial charge is 0.261 e. The van der Waals surface area contributed by atoms with Gasteiger partial charge < -0.3 is 5.73 Å². The van der Waals surface area contributed by atoms with E-state index in [1.165, 1.54) is 4.90 Å². The van der Waals surface area contributed by atoms with Gasteiger partial charge in [-0.2, -0.15) is 0 Å². The predicted octanol–water partition coefficient (Wildman–Crippen LogP) is 2.89. The third-order valence-corrected chi connectivity index (χ3v) is 4.11. The molecule has 2 aromatic rings. The lowest BCUT2D eigenvalue weighted by atomic mass is 10.0. The number of nitrogens with two attached hydrogens (primary N) is 1. The summed E-state index contributed by atoms with van der Waals surface area (Å²) < 4.78 is 0. The first-order valence-electron chi connectivity index (χ1n) is 7.43. The highest BCUT2D eigenvalue weighted by molar-refractivity contribution is 6.21. The number of hydrogen-bond acceptors (Lipinski definition) is 3. The van der Waals surface area contributed by atoms with Crippen molar-refractivity contribution in [3.05, 3.63) is 65.2 Å². The number of hydrogen-bond donors (Lipinski definition) is 1. The summed E-state index contributed by atoms with van der Waals surface area (Å²) in [5, 5.41) is 0. The summed E-state index contributed by atoms with van der Waals surface area (Å²) in [5.41, 5.74) is 8.47. The minimum absolute atomic E-state index is 0.143. The van der Waals surface area contributed by atoms with Gasteiger partial charge in [0.15, 0.2) is 0 Å². The second kappa shape index (κ2) is 5.64. The highest BCUT2D eigenvalue weighted by atomic mass is 16.2. The van der Waals surface area contributed by atoms with Gasteiger partial charge in [-0.15, -0.1) is 0 Å². The predicted molar refractivity (Wildman–Crippen MR) is 85.6 cm³/mol. The summed E-state index contributed by atoms with van der Waals surface area (Å²) in [7, 11) is 0. The summed E-state index contributed by atoms with van der Waals surface area (Å²) in [6.07, 6.45) is 1.36. The molecule has 1 aliphatic heterocycles. The first kappa shape index (κ1) is 14.3. The Morgan fingerprint density at radius 3 is 2.00 bits per heavy atom. The zero-order valence-corrected chi connectivity index (χ0v) is 12.5. The van der Waals surface area contributed by atoms with Crippen LogP contribution >= 0.6 is 0 Å². The molecule has 1 heterocycles. The average molecular weight is 294 g/mol. The fraction of sp³-hybridized carbons (Fsp3) is 0.222. The van der Waals surface area contributed by atoms with Crippen LogP contribution in [0.1, 0.15) is 39.6 Å². The molecule has 3 rings (SSSR count). The molecule has 4 heteroatoms. The van der Waals surface area contributed by atoms with Crippen molar-refractivity contribution >= 4 is 17.5 Å². The molecule has 2 aromatic carbocycles. The lowest BCUT2D eigenvalue weighted by Gasteiger charge is -2.25. The molecule has 0 saturated carbocycles. The van der Waals surface area contributed by atoms with Crippen molar-refractivity contribution < 1.29 is 9.59 Å². The monoisotopic (exact) mass is 294 g/mol. The van der Waals surface area contributed by atoms with Crippen molar-refractivity contribution in [2.24, 2.45) is 0 Å². The Balaban J connectivity index is 1.87. The quantitative estimate of drug-likeness (QED) is 0.696. The van der Waals surface area contributed by atoms with Crippen molar-refractivity contribution in [1.82, 2.24) is 4.90 Å². The van der Waals surface area contributed by atoms with E-state index in [1.54, 1.807) is 24.3 Å². The molecule has 4 nitrogen and oxygen atoms in total. The van der Waals surface area contributed by atoms with Crippen LogP contribution in [0.15, 0.2) is 48.5 Å². The highest BCUT2D eigenvalue weighted by Gasteiger charge is 2.38. The minimum Gasteiger partial charge on any atom is -0.399 e. The van der Waals surface area contributed by atoms with Gasteiger partial charge in [0.25, 0.3) is 11.8 Å². The van der Waals surface area contributed by atoms with E-state index in [0.29, 0.717) is 23.2 Å². The van der Waals surface area contributed by atoms with E-state index in [0.717, 1.165) is 12.0 Å². The molecular weight excluding hydrogens is 276 g/mol. The third kappa shape index (κ3) is 2.37. The number of nitrogen functional groups attached to an aromatic ring is 1. The molecule has 0 spiro atoms. The normalized spacial score (nSPS) is 15.0. The van der Waals surface area contributed by atoms with Crippen LogP contribution in [0.3, 0.4) is 0 Å². The largest absolute Gasteiger partial charge is 0.399 e. The van der Waals surface area contributed by atoms with Crippen molar-refractivity contribution in [2.75, 3.05) is 5.73 Å². The van der Waals surface area contributed by atoms with E-state index in [4.69, 9.17) is 5.73 Å². The van der Waals surface area contributed by atoms with Crippen LogP contribution in [0.4, 0.5) is 5.69 Å².